The average molecular weight is 278 g/mol. The van der Waals surface area contributed by atoms with E-state index in [0.717, 1.165) is 19.2 Å². The monoisotopic (exact) mass is 277 g/mol. The van der Waals surface area contributed by atoms with Crippen molar-refractivity contribution in [3.8, 4) is 0 Å². The topological polar surface area (TPSA) is 102 Å². The molecule has 0 spiro atoms. The van der Waals surface area contributed by atoms with E-state index in [4.69, 9.17) is 0 Å². The Bertz CT molecular complexity index is 395. The predicted molar refractivity (Wildman–Crippen MR) is 67.7 cm³/mol. The van der Waals surface area contributed by atoms with Crippen molar-refractivity contribution in [3.63, 3.8) is 0 Å². The molecule has 0 bridgehead atoms. The molecule has 102 valence electrons. The van der Waals surface area contributed by atoms with Crippen LogP contribution >= 0.6 is 12.4 Å². The van der Waals surface area contributed by atoms with Gasteiger partial charge in [-0.3, -0.25) is 19.6 Å². The summed E-state index contributed by atoms with van der Waals surface area (Å²) in [6.07, 6.45) is 3.18. The van der Waals surface area contributed by atoms with Crippen LogP contribution in [0.25, 0.3) is 0 Å². The third-order valence-electron chi connectivity index (χ3n) is 2.06. The number of nitro groups is 1. The summed E-state index contributed by atoms with van der Waals surface area (Å²) in [5.41, 5.74) is -0.118. The molecule has 0 unspecified atom stereocenters. The van der Waals surface area contributed by atoms with Crippen molar-refractivity contribution < 1.29 is 9.72 Å². The quantitative estimate of drug-likeness (QED) is 0.413. The number of aromatic nitrogens is 2. The molecule has 8 nitrogen and oxygen atoms in total. The van der Waals surface area contributed by atoms with Crippen molar-refractivity contribution in [2.24, 2.45) is 0 Å². The Labute approximate surface area is 110 Å². The van der Waals surface area contributed by atoms with Gasteiger partial charge in [0.25, 0.3) is 0 Å². The van der Waals surface area contributed by atoms with Crippen LogP contribution in [0.1, 0.15) is 6.42 Å². The number of amides is 1. The predicted octanol–water partition coefficient (Wildman–Crippen LogP) is -0.0612. The Hall–Kier alpha value is -1.67. The number of nitrogens with one attached hydrogen (secondary N) is 2. The van der Waals surface area contributed by atoms with E-state index < -0.39 is 4.92 Å². The minimum atomic E-state index is -0.547. The first-order valence-electron chi connectivity index (χ1n) is 5.21. The molecule has 0 saturated carbocycles. The van der Waals surface area contributed by atoms with E-state index in [1.807, 2.05) is 7.05 Å². The summed E-state index contributed by atoms with van der Waals surface area (Å²) in [4.78, 5) is 21.2. The Balaban J connectivity index is 0.00000289. The van der Waals surface area contributed by atoms with Crippen molar-refractivity contribution >= 4 is 24.0 Å². The fraction of sp³-hybridized carbons (Fsp3) is 0.556. The van der Waals surface area contributed by atoms with Crippen molar-refractivity contribution in [3.05, 3.63) is 22.5 Å². The lowest BCUT2D eigenvalue weighted by Crippen LogP contribution is -2.29. The minimum Gasteiger partial charge on any atom is -0.354 e. The molecule has 0 saturated heterocycles. The fourth-order valence-corrected chi connectivity index (χ4v) is 1.23. The molecule has 0 atom stereocenters. The van der Waals surface area contributed by atoms with Crippen LogP contribution in [0.4, 0.5) is 5.69 Å². The maximum Gasteiger partial charge on any atom is 0.307 e. The highest BCUT2D eigenvalue weighted by atomic mass is 35.5. The van der Waals surface area contributed by atoms with Gasteiger partial charge in [-0.15, -0.1) is 12.4 Å². The molecule has 1 aromatic rings. The molecule has 0 aromatic carbocycles. The first-order valence-corrected chi connectivity index (χ1v) is 5.21. The lowest BCUT2D eigenvalue weighted by molar-refractivity contribution is -0.385. The van der Waals surface area contributed by atoms with Crippen LogP contribution < -0.4 is 10.6 Å². The summed E-state index contributed by atoms with van der Waals surface area (Å²) in [5, 5.41) is 19.8. The number of carbonyl (C=O) groups is 1. The van der Waals surface area contributed by atoms with Crippen molar-refractivity contribution in [2.45, 2.75) is 13.0 Å². The number of carbonyl (C=O) groups excluding carboxylic acids is 1. The molecule has 0 aliphatic heterocycles. The smallest absolute Gasteiger partial charge is 0.307 e. The first-order chi connectivity index (χ1) is 8.13. The maximum absolute atomic E-state index is 11.4. The highest BCUT2D eigenvalue weighted by Crippen LogP contribution is 2.07. The van der Waals surface area contributed by atoms with Crippen LogP contribution in [0, 0.1) is 10.1 Å². The van der Waals surface area contributed by atoms with E-state index in [1.54, 1.807) is 0 Å². The van der Waals surface area contributed by atoms with Gasteiger partial charge in [0.2, 0.25) is 5.91 Å². The third kappa shape index (κ3) is 5.60. The standard InChI is InChI=1S/C9H15N5O3.ClH/c1-10-3-2-4-11-9(15)7-13-6-8(5-12-13)14(16)17;/h5-6,10H,2-4,7H2,1H3,(H,11,15);1H. The van der Waals surface area contributed by atoms with Crippen LogP contribution in [0.5, 0.6) is 0 Å². The van der Waals surface area contributed by atoms with Gasteiger partial charge in [-0.1, -0.05) is 0 Å². The second-order valence-corrected chi connectivity index (χ2v) is 3.46. The minimum absolute atomic E-state index is 0. The van der Waals surface area contributed by atoms with Crippen LogP contribution in [-0.2, 0) is 11.3 Å². The molecule has 1 aromatic heterocycles. The zero-order valence-corrected chi connectivity index (χ0v) is 10.8. The molecule has 0 radical (unpaired) electrons. The molecular weight excluding hydrogens is 262 g/mol. The Kier molecular flexibility index (Phi) is 7.64. The van der Waals surface area contributed by atoms with Crippen molar-refractivity contribution in [1.82, 2.24) is 20.4 Å². The van der Waals surface area contributed by atoms with Gasteiger partial charge in [0.05, 0.1) is 4.92 Å². The molecule has 0 aliphatic rings. The van der Waals surface area contributed by atoms with E-state index in [1.165, 1.54) is 10.9 Å². The second kappa shape index (κ2) is 8.43. The van der Waals surface area contributed by atoms with Gasteiger partial charge in [-0.05, 0) is 20.0 Å². The van der Waals surface area contributed by atoms with E-state index in [-0.39, 0.29) is 30.5 Å². The Morgan fingerprint density at radius 2 is 2.28 bits per heavy atom. The third-order valence-corrected chi connectivity index (χ3v) is 2.06. The molecule has 0 fully saturated rings. The van der Waals surface area contributed by atoms with E-state index in [0.29, 0.717) is 6.54 Å². The number of halogens is 1. The van der Waals surface area contributed by atoms with E-state index >= 15 is 0 Å². The maximum atomic E-state index is 11.4. The molecule has 1 heterocycles. The summed E-state index contributed by atoms with van der Waals surface area (Å²) in [7, 11) is 1.84. The Morgan fingerprint density at radius 1 is 1.56 bits per heavy atom. The molecule has 18 heavy (non-hydrogen) atoms. The second-order valence-electron chi connectivity index (χ2n) is 3.46. The average Bonchev–Trinajstić information content (AvgIpc) is 2.73. The molecule has 9 heteroatoms. The van der Waals surface area contributed by atoms with Crippen molar-refractivity contribution in [1.29, 1.82) is 0 Å². The lowest BCUT2D eigenvalue weighted by Gasteiger charge is -2.04. The van der Waals surface area contributed by atoms with Gasteiger partial charge in [0, 0.05) is 6.54 Å². The first kappa shape index (κ1) is 16.3. The van der Waals surface area contributed by atoms with Crippen LogP contribution in [-0.4, -0.2) is 40.7 Å². The zero-order valence-electron chi connectivity index (χ0n) is 9.96. The highest BCUT2D eigenvalue weighted by molar-refractivity contribution is 5.85. The normalized spacial score (nSPS) is 9.61. The largest absolute Gasteiger partial charge is 0.354 e. The van der Waals surface area contributed by atoms with Crippen LogP contribution in [0.2, 0.25) is 0 Å². The number of hydrogen-bond donors (Lipinski definition) is 2. The van der Waals surface area contributed by atoms with Crippen molar-refractivity contribution in [2.75, 3.05) is 20.1 Å². The number of nitrogens with zero attached hydrogens (tertiary/aromatic N) is 3. The van der Waals surface area contributed by atoms with Crippen LogP contribution in [0.3, 0.4) is 0 Å². The number of hydrogen-bond acceptors (Lipinski definition) is 5. The highest BCUT2D eigenvalue weighted by Gasteiger charge is 2.10. The van der Waals surface area contributed by atoms with Gasteiger partial charge in [0.15, 0.2) is 0 Å². The Morgan fingerprint density at radius 3 is 2.83 bits per heavy atom. The molecule has 1 amide bonds. The summed E-state index contributed by atoms with van der Waals surface area (Å²) >= 11 is 0. The number of rotatable bonds is 7. The summed E-state index contributed by atoms with van der Waals surface area (Å²) < 4.78 is 1.24. The summed E-state index contributed by atoms with van der Waals surface area (Å²) in [6, 6.07) is 0. The van der Waals surface area contributed by atoms with Gasteiger partial charge < -0.3 is 10.6 Å². The van der Waals surface area contributed by atoms with Gasteiger partial charge >= 0.3 is 5.69 Å². The molecule has 2 N–H and O–H groups in total. The molecular formula is C9H16ClN5O3. The van der Waals surface area contributed by atoms with Gasteiger partial charge in [-0.2, -0.15) is 5.10 Å². The van der Waals surface area contributed by atoms with Gasteiger partial charge in [-0.25, -0.2) is 0 Å². The SMILES string of the molecule is CNCCCNC(=O)Cn1cc([N+](=O)[O-])cn1.Cl. The molecule has 0 aliphatic carbocycles. The fourth-order valence-electron chi connectivity index (χ4n) is 1.23. The van der Waals surface area contributed by atoms with Crippen LogP contribution in [0.15, 0.2) is 12.4 Å². The van der Waals surface area contributed by atoms with Gasteiger partial charge in [0.1, 0.15) is 18.9 Å². The lowest BCUT2D eigenvalue weighted by atomic mass is 10.4. The molecule has 1 rings (SSSR count). The summed E-state index contributed by atoms with van der Waals surface area (Å²) in [5.74, 6) is -0.209. The van der Waals surface area contributed by atoms with E-state index in [9.17, 15) is 14.9 Å². The van der Waals surface area contributed by atoms with E-state index in [2.05, 4.69) is 15.7 Å². The zero-order chi connectivity index (χ0) is 12.7. The summed E-state index contributed by atoms with van der Waals surface area (Å²) in [6.45, 7) is 1.39.